The van der Waals surface area contributed by atoms with E-state index in [-0.39, 0.29) is 0 Å². The molecular weight excluding hydrogens is 180 g/mol. The topological polar surface area (TPSA) is 9.23 Å². The largest absolute Gasteiger partial charge is 0.488 e. The molecule has 0 saturated carbocycles. The molecule has 0 bridgehead atoms. The van der Waals surface area contributed by atoms with Gasteiger partial charge in [0.05, 0.1) is 0 Å². The van der Waals surface area contributed by atoms with Crippen molar-refractivity contribution in [1.29, 1.82) is 0 Å². The van der Waals surface area contributed by atoms with Gasteiger partial charge in [-0.1, -0.05) is 12.1 Å². The Morgan fingerprint density at radius 2 is 2.23 bits per heavy atom. The van der Waals surface area contributed by atoms with Gasteiger partial charge in [0, 0.05) is 21.4 Å². The highest BCUT2D eigenvalue weighted by atomic mass is 32.1. The van der Waals surface area contributed by atoms with E-state index in [1.807, 2.05) is 24.3 Å². The van der Waals surface area contributed by atoms with Crippen LogP contribution in [0, 0.1) is 5.38 Å². The van der Waals surface area contributed by atoms with E-state index in [4.69, 9.17) is 4.74 Å². The maximum absolute atomic E-state index is 5.59. The number of rotatable bonds is 0. The Morgan fingerprint density at radius 3 is 3.23 bits per heavy atom. The molecular formula is C11H7OS. The number of fused-ring (bicyclic) bond motifs is 3. The zero-order valence-electron chi connectivity index (χ0n) is 6.91. The molecule has 2 aromatic rings. The summed E-state index contributed by atoms with van der Waals surface area (Å²) in [5.74, 6) is 0.992. The number of thiophene rings is 1. The van der Waals surface area contributed by atoms with Crippen LogP contribution < -0.4 is 4.74 Å². The first kappa shape index (κ1) is 7.15. The summed E-state index contributed by atoms with van der Waals surface area (Å²) in [5, 5.41) is 3.14. The highest BCUT2D eigenvalue weighted by molar-refractivity contribution is 7.13. The molecule has 2 heterocycles. The van der Waals surface area contributed by atoms with E-state index in [9.17, 15) is 0 Å². The molecule has 1 nitrogen and oxygen atoms in total. The maximum atomic E-state index is 5.59. The van der Waals surface area contributed by atoms with Crippen molar-refractivity contribution < 1.29 is 4.74 Å². The lowest BCUT2D eigenvalue weighted by Gasteiger charge is -2.16. The van der Waals surface area contributed by atoms with E-state index in [0.29, 0.717) is 6.61 Å². The fourth-order valence-corrected chi connectivity index (χ4v) is 2.41. The third-order valence-corrected chi connectivity index (χ3v) is 3.12. The Morgan fingerprint density at radius 1 is 1.31 bits per heavy atom. The Kier molecular flexibility index (Phi) is 1.43. The summed E-state index contributed by atoms with van der Waals surface area (Å²) in [5.41, 5.74) is 2.46. The van der Waals surface area contributed by atoms with Crippen LogP contribution in [0.1, 0.15) is 5.56 Å². The molecule has 13 heavy (non-hydrogen) atoms. The summed E-state index contributed by atoms with van der Waals surface area (Å²) in [6, 6.07) is 10.2. The van der Waals surface area contributed by atoms with Crippen molar-refractivity contribution >= 4 is 11.3 Å². The van der Waals surface area contributed by atoms with Gasteiger partial charge in [0.1, 0.15) is 12.4 Å². The summed E-state index contributed by atoms with van der Waals surface area (Å²) in [7, 11) is 0. The van der Waals surface area contributed by atoms with Crippen LogP contribution in [0.4, 0.5) is 0 Å². The van der Waals surface area contributed by atoms with E-state index in [1.54, 1.807) is 11.3 Å². The molecule has 0 spiro atoms. The number of benzene rings is 1. The van der Waals surface area contributed by atoms with E-state index < -0.39 is 0 Å². The smallest absolute Gasteiger partial charge is 0.128 e. The molecule has 0 fully saturated rings. The van der Waals surface area contributed by atoms with E-state index in [2.05, 4.69) is 11.4 Å². The van der Waals surface area contributed by atoms with Gasteiger partial charge in [0.25, 0.3) is 0 Å². The minimum Gasteiger partial charge on any atom is -0.488 e. The van der Waals surface area contributed by atoms with E-state index in [1.165, 1.54) is 16.0 Å². The fraction of sp³-hybridized carbons (Fsp3) is 0.0909. The lowest BCUT2D eigenvalue weighted by atomic mass is 10.1. The number of para-hydroxylation sites is 1. The summed E-state index contributed by atoms with van der Waals surface area (Å²) >= 11 is 1.66. The third-order valence-electron chi connectivity index (χ3n) is 2.20. The Balaban J connectivity index is 2.30. The zero-order valence-corrected chi connectivity index (χ0v) is 7.73. The van der Waals surface area contributed by atoms with E-state index >= 15 is 0 Å². The van der Waals surface area contributed by atoms with Crippen LogP contribution in [0.5, 0.6) is 5.75 Å². The van der Waals surface area contributed by atoms with Crippen LogP contribution in [-0.4, -0.2) is 0 Å². The summed E-state index contributed by atoms with van der Waals surface area (Å²) < 4.78 is 5.59. The molecule has 1 aliphatic rings. The monoisotopic (exact) mass is 187 g/mol. The Labute approximate surface area is 80.6 Å². The predicted molar refractivity (Wildman–Crippen MR) is 52.9 cm³/mol. The number of ether oxygens (including phenoxy) is 1. The molecule has 0 amide bonds. The fourth-order valence-electron chi connectivity index (χ4n) is 1.56. The molecule has 1 aromatic heterocycles. The number of hydrogen-bond donors (Lipinski definition) is 0. The lowest BCUT2D eigenvalue weighted by molar-refractivity contribution is 0.303. The van der Waals surface area contributed by atoms with Crippen LogP contribution in [0.15, 0.2) is 30.3 Å². The standard InChI is InChI=1S/C11H7OS/c1-2-4-10-9(3-1)11-8(7-12-10)5-6-13-11/h1-5H,7H2. The first-order chi connectivity index (χ1) is 6.45. The van der Waals surface area contributed by atoms with Gasteiger partial charge in [0.15, 0.2) is 0 Å². The van der Waals surface area contributed by atoms with Gasteiger partial charge in [-0.15, -0.1) is 11.3 Å². The van der Waals surface area contributed by atoms with Crippen molar-refractivity contribution in [1.82, 2.24) is 0 Å². The normalized spacial score (nSPS) is 12.9. The molecule has 2 heteroatoms. The van der Waals surface area contributed by atoms with Gasteiger partial charge in [0.2, 0.25) is 0 Å². The first-order valence-corrected chi connectivity index (χ1v) is 4.98. The number of hydrogen-bond acceptors (Lipinski definition) is 2. The zero-order chi connectivity index (χ0) is 8.67. The third kappa shape index (κ3) is 0.988. The molecule has 0 atom stereocenters. The predicted octanol–water partition coefficient (Wildman–Crippen LogP) is 3.11. The maximum Gasteiger partial charge on any atom is 0.128 e. The lowest BCUT2D eigenvalue weighted by Crippen LogP contribution is -2.01. The van der Waals surface area contributed by atoms with Crippen molar-refractivity contribution in [3.63, 3.8) is 0 Å². The van der Waals surface area contributed by atoms with Crippen molar-refractivity contribution in [2.24, 2.45) is 0 Å². The highest BCUT2D eigenvalue weighted by Crippen LogP contribution is 2.39. The quantitative estimate of drug-likeness (QED) is 0.615. The molecule has 1 aromatic carbocycles. The van der Waals surface area contributed by atoms with Crippen LogP contribution in [0.2, 0.25) is 0 Å². The second-order valence-corrected chi connectivity index (χ2v) is 3.85. The molecule has 1 aliphatic heterocycles. The van der Waals surface area contributed by atoms with Crippen molar-refractivity contribution in [3.05, 3.63) is 41.3 Å². The van der Waals surface area contributed by atoms with Gasteiger partial charge in [-0.2, -0.15) is 0 Å². The second kappa shape index (κ2) is 2.60. The van der Waals surface area contributed by atoms with Crippen molar-refractivity contribution in [3.8, 4) is 16.2 Å². The van der Waals surface area contributed by atoms with Crippen molar-refractivity contribution in [2.75, 3.05) is 0 Å². The van der Waals surface area contributed by atoms with Gasteiger partial charge >= 0.3 is 0 Å². The summed E-state index contributed by atoms with van der Waals surface area (Å²) in [6.07, 6.45) is 0. The van der Waals surface area contributed by atoms with Gasteiger partial charge in [-0.25, -0.2) is 0 Å². The molecule has 0 N–H and O–H groups in total. The van der Waals surface area contributed by atoms with E-state index in [0.717, 1.165) is 5.75 Å². The molecule has 0 aliphatic carbocycles. The molecule has 0 saturated heterocycles. The van der Waals surface area contributed by atoms with Crippen LogP contribution >= 0.6 is 11.3 Å². The minimum atomic E-state index is 0.687. The van der Waals surface area contributed by atoms with Crippen LogP contribution in [-0.2, 0) is 6.61 Å². The van der Waals surface area contributed by atoms with Crippen molar-refractivity contribution in [2.45, 2.75) is 6.61 Å². The molecule has 3 rings (SSSR count). The van der Waals surface area contributed by atoms with Gasteiger partial charge in [-0.05, 0) is 18.2 Å². The molecule has 63 valence electrons. The Hall–Kier alpha value is -1.28. The van der Waals surface area contributed by atoms with Crippen LogP contribution in [0.3, 0.4) is 0 Å². The minimum absolute atomic E-state index is 0.687. The summed E-state index contributed by atoms with van der Waals surface area (Å²) in [6.45, 7) is 0.687. The average molecular weight is 187 g/mol. The molecule has 1 radical (unpaired) electrons. The highest BCUT2D eigenvalue weighted by Gasteiger charge is 2.17. The summed E-state index contributed by atoms with van der Waals surface area (Å²) in [4.78, 5) is 1.31. The van der Waals surface area contributed by atoms with Gasteiger partial charge in [-0.3, -0.25) is 0 Å². The van der Waals surface area contributed by atoms with Crippen LogP contribution in [0.25, 0.3) is 10.4 Å². The average Bonchev–Trinajstić information content (AvgIpc) is 2.65. The second-order valence-electron chi connectivity index (χ2n) is 3.00. The first-order valence-electron chi connectivity index (χ1n) is 4.16. The Bertz CT molecular complexity index is 445. The SMILES string of the molecule is [c]1cc2c(s1)-c1ccccc1OC2. The molecule has 0 unspecified atom stereocenters. The van der Waals surface area contributed by atoms with Gasteiger partial charge < -0.3 is 4.74 Å².